The molecular weight excluding hydrogens is 182 g/mol. The van der Waals surface area contributed by atoms with E-state index in [-0.39, 0.29) is 0 Å². The lowest BCUT2D eigenvalue weighted by Gasteiger charge is -2.04. The zero-order valence-corrected chi connectivity index (χ0v) is 7.65. The Hall–Kier alpha value is -0.390. The highest BCUT2D eigenvalue weighted by atomic mass is 32.2. The molecule has 0 aliphatic rings. The van der Waals surface area contributed by atoms with E-state index in [0.29, 0.717) is 4.88 Å². The summed E-state index contributed by atoms with van der Waals surface area (Å²) < 4.78 is 21.8. The van der Waals surface area contributed by atoms with E-state index >= 15 is 0 Å². The SMILES string of the molecule is CS(=O)(=O)C(N)c1cccs1. The molecule has 0 radical (unpaired) electrons. The Morgan fingerprint density at radius 2 is 2.27 bits per heavy atom. The van der Waals surface area contributed by atoms with E-state index in [0.717, 1.165) is 6.26 Å². The van der Waals surface area contributed by atoms with Crippen LogP contribution in [-0.4, -0.2) is 14.7 Å². The number of nitrogens with two attached hydrogens (primary N) is 1. The maximum absolute atomic E-state index is 10.9. The Morgan fingerprint density at radius 1 is 1.64 bits per heavy atom. The van der Waals surface area contributed by atoms with Gasteiger partial charge in [-0.2, -0.15) is 0 Å². The fraction of sp³-hybridized carbons (Fsp3) is 0.333. The lowest BCUT2D eigenvalue weighted by molar-refractivity contribution is 0.591. The molecule has 5 heteroatoms. The van der Waals surface area contributed by atoms with Gasteiger partial charge in [0.05, 0.1) is 0 Å². The summed E-state index contributed by atoms with van der Waals surface area (Å²) in [6.45, 7) is 0. The fourth-order valence-electron chi connectivity index (χ4n) is 0.664. The van der Waals surface area contributed by atoms with E-state index in [1.165, 1.54) is 11.3 Å². The van der Waals surface area contributed by atoms with Gasteiger partial charge in [0.1, 0.15) is 5.37 Å². The molecule has 3 nitrogen and oxygen atoms in total. The van der Waals surface area contributed by atoms with Gasteiger partial charge in [-0.3, -0.25) is 0 Å². The van der Waals surface area contributed by atoms with Crippen LogP contribution in [0.15, 0.2) is 17.5 Å². The second-order valence-electron chi connectivity index (χ2n) is 2.27. The third kappa shape index (κ3) is 2.02. The van der Waals surface area contributed by atoms with Crippen LogP contribution in [-0.2, 0) is 9.84 Å². The summed E-state index contributed by atoms with van der Waals surface area (Å²) in [5.74, 6) is 0. The lowest BCUT2D eigenvalue weighted by Crippen LogP contribution is -2.18. The van der Waals surface area contributed by atoms with Gasteiger partial charge in [0.2, 0.25) is 0 Å². The van der Waals surface area contributed by atoms with Crippen molar-refractivity contribution in [2.24, 2.45) is 5.73 Å². The van der Waals surface area contributed by atoms with Crippen LogP contribution in [0.25, 0.3) is 0 Å². The average molecular weight is 191 g/mol. The first kappa shape index (κ1) is 8.70. The summed E-state index contributed by atoms with van der Waals surface area (Å²) >= 11 is 1.35. The highest BCUT2D eigenvalue weighted by Crippen LogP contribution is 2.20. The quantitative estimate of drug-likeness (QED) is 0.750. The predicted octanol–water partition coefficient (Wildman–Crippen LogP) is 0.750. The predicted molar refractivity (Wildman–Crippen MR) is 46.1 cm³/mol. The highest BCUT2D eigenvalue weighted by Gasteiger charge is 2.17. The molecular formula is C6H9NO2S2. The molecule has 11 heavy (non-hydrogen) atoms. The number of sulfone groups is 1. The van der Waals surface area contributed by atoms with Crippen molar-refractivity contribution in [2.45, 2.75) is 5.37 Å². The van der Waals surface area contributed by atoms with Crippen LogP contribution in [0, 0.1) is 0 Å². The molecule has 1 heterocycles. The molecule has 1 aromatic rings. The van der Waals surface area contributed by atoms with E-state index in [1.54, 1.807) is 17.5 Å². The highest BCUT2D eigenvalue weighted by molar-refractivity contribution is 7.91. The van der Waals surface area contributed by atoms with Crippen molar-refractivity contribution in [1.82, 2.24) is 0 Å². The van der Waals surface area contributed by atoms with E-state index in [4.69, 9.17) is 5.73 Å². The summed E-state index contributed by atoms with van der Waals surface area (Å²) in [5.41, 5.74) is 5.44. The van der Waals surface area contributed by atoms with Gasteiger partial charge in [-0.25, -0.2) is 8.42 Å². The van der Waals surface area contributed by atoms with E-state index in [9.17, 15) is 8.42 Å². The Labute approximate surface area is 69.8 Å². The Balaban J connectivity index is 2.97. The van der Waals surface area contributed by atoms with Crippen molar-refractivity contribution in [2.75, 3.05) is 6.26 Å². The van der Waals surface area contributed by atoms with Gasteiger partial charge in [0.15, 0.2) is 9.84 Å². The molecule has 0 spiro atoms. The number of thiophene rings is 1. The maximum Gasteiger partial charge on any atom is 0.168 e. The van der Waals surface area contributed by atoms with Crippen LogP contribution >= 0.6 is 11.3 Å². The Bertz CT molecular complexity index is 314. The zero-order chi connectivity index (χ0) is 8.48. The van der Waals surface area contributed by atoms with E-state index in [2.05, 4.69) is 0 Å². The summed E-state index contributed by atoms with van der Waals surface area (Å²) in [6.07, 6.45) is 1.14. The molecule has 0 saturated carbocycles. The zero-order valence-electron chi connectivity index (χ0n) is 6.02. The van der Waals surface area contributed by atoms with Crippen LogP contribution in [0.3, 0.4) is 0 Å². The van der Waals surface area contributed by atoms with Crippen LogP contribution in [0.5, 0.6) is 0 Å². The molecule has 0 aromatic carbocycles. The molecule has 0 aliphatic carbocycles. The molecule has 0 amide bonds. The summed E-state index contributed by atoms with van der Waals surface area (Å²) in [4.78, 5) is 0.688. The van der Waals surface area contributed by atoms with Crippen molar-refractivity contribution in [3.63, 3.8) is 0 Å². The molecule has 1 rings (SSSR count). The first-order valence-corrected chi connectivity index (χ1v) is 5.83. The lowest BCUT2D eigenvalue weighted by atomic mass is 10.5. The Kier molecular flexibility index (Phi) is 2.31. The number of hydrogen-bond donors (Lipinski definition) is 1. The Morgan fingerprint density at radius 3 is 2.64 bits per heavy atom. The first-order valence-electron chi connectivity index (χ1n) is 2.99. The topological polar surface area (TPSA) is 60.2 Å². The molecule has 2 N–H and O–H groups in total. The van der Waals surface area contributed by atoms with Gasteiger partial charge < -0.3 is 5.73 Å². The monoisotopic (exact) mass is 191 g/mol. The summed E-state index contributed by atoms with van der Waals surface area (Å²) in [7, 11) is -3.14. The number of rotatable bonds is 2. The van der Waals surface area contributed by atoms with Crippen molar-refractivity contribution < 1.29 is 8.42 Å². The van der Waals surface area contributed by atoms with Crippen LogP contribution in [0.1, 0.15) is 10.3 Å². The molecule has 0 fully saturated rings. The third-order valence-corrected chi connectivity index (χ3v) is 3.57. The van der Waals surface area contributed by atoms with Gasteiger partial charge in [-0.05, 0) is 11.4 Å². The van der Waals surface area contributed by atoms with Crippen molar-refractivity contribution in [3.05, 3.63) is 22.4 Å². The summed E-state index contributed by atoms with van der Waals surface area (Å²) in [5, 5.41) is 0.947. The van der Waals surface area contributed by atoms with Gasteiger partial charge in [0, 0.05) is 11.1 Å². The molecule has 0 saturated heterocycles. The average Bonchev–Trinajstić information content (AvgIpc) is 2.34. The normalized spacial score (nSPS) is 14.7. The minimum absolute atomic E-state index is 0.688. The van der Waals surface area contributed by atoms with Crippen molar-refractivity contribution in [3.8, 4) is 0 Å². The van der Waals surface area contributed by atoms with Crippen LogP contribution < -0.4 is 5.73 Å². The second kappa shape index (κ2) is 2.92. The minimum Gasteiger partial charge on any atom is -0.311 e. The minimum atomic E-state index is -3.14. The fourth-order valence-corrected chi connectivity index (χ4v) is 2.46. The largest absolute Gasteiger partial charge is 0.311 e. The first-order chi connectivity index (χ1) is 5.02. The van der Waals surface area contributed by atoms with Gasteiger partial charge in [-0.1, -0.05) is 6.07 Å². The molecule has 62 valence electrons. The molecule has 1 atom stereocenters. The van der Waals surface area contributed by atoms with E-state index in [1.807, 2.05) is 0 Å². The molecule has 1 aromatic heterocycles. The van der Waals surface area contributed by atoms with Crippen LogP contribution in [0.2, 0.25) is 0 Å². The van der Waals surface area contributed by atoms with Gasteiger partial charge in [-0.15, -0.1) is 11.3 Å². The number of hydrogen-bond acceptors (Lipinski definition) is 4. The second-order valence-corrected chi connectivity index (χ2v) is 5.41. The van der Waals surface area contributed by atoms with Gasteiger partial charge >= 0.3 is 0 Å². The third-order valence-electron chi connectivity index (χ3n) is 1.28. The van der Waals surface area contributed by atoms with Gasteiger partial charge in [0.25, 0.3) is 0 Å². The van der Waals surface area contributed by atoms with Crippen LogP contribution in [0.4, 0.5) is 0 Å². The van der Waals surface area contributed by atoms with E-state index < -0.39 is 15.2 Å². The smallest absolute Gasteiger partial charge is 0.168 e. The maximum atomic E-state index is 10.9. The molecule has 0 aliphatic heterocycles. The standard InChI is InChI=1S/C6H9NO2S2/c1-11(8,9)6(7)5-3-2-4-10-5/h2-4,6H,7H2,1H3. The summed E-state index contributed by atoms with van der Waals surface area (Å²) in [6, 6.07) is 3.50. The van der Waals surface area contributed by atoms with Crippen molar-refractivity contribution >= 4 is 21.2 Å². The van der Waals surface area contributed by atoms with Crippen molar-refractivity contribution in [1.29, 1.82) is 0 Å². The molecule has 1 unspecified atom stereocenters. The molecule has 0 bridgehead atoms.